The Morgan fingerprint density at radius 2 is 2.14 bits per heavy atom. The molecule has 0 bridgehead atoms. The van der Waals surface area contributed by atoms with Gasteiger partial charge in [0.05, 0.1) is 35.1 Å². The maximum absolute atomic E-state index is 11.2. The van der Waals surface area contributed by atoms with Gasteiger partial charge in [0.2, 0.25) is 10.0 Å². The molecule has 0 aliphatic carbocycles. The summed E-state index contributed by atoms with van der Waals surface area (Å²) >= 11 is 0. The normalized spacial score (nSPS) is 17.0. The van der Waals surface area contributed by atoms with E-state index in [1.165, 1.54) is 12.1 Å². The van der Waals surface area contributed by atoms with Gasteiger partial charge in [-0.1, -0.05) is 0 Å². The number of nitrogens with two attached hydrogens (primary N) is 1. The smallest absolute Gasteiger partial charge is 0.293 e. The van der Waals surface area contributed by atoms with Crippen molar-refractivity contribution in [3.8, 4) is 0 Å². The van der Waals surface area contributed by atoms with Crippen molar-refractivity contribution in [3.05, 3.63) is 28.3 Å². The molecule has 1 heterocycles. The van der Waals surface area contributed by atoms with E-state index in [1.54, 1.807) is 0 Å². The summed E-state index contributed by atoms with van der Waals surface area (Å²) in [5.41, 5.74) is -0.700. The van der Waals surface area contributed by atoms with E-state index in [2.05, 4.69) is 5.32 Å². The number of primary sulfonamides is 1. The molecule has 1 aliphatic heterocycles. The highest BCUT2D eigenvalue weighted by molar-refractivity contribution is 7.89. The van der Waals surface area contributed by atoms with Gasteiger partial charge in [-0.05, 0) is 12.1 Å². The van der Waals surface area contributed by atoms with Crippen LogP contribution in [0.25, 0.3) is 0 Å². The third kappa shape index (κ3) is 3.29. The average molecular weight is 317 g/mol. The second-order valence-electron chi connectivity index (χ2n) is 4.99. The van der Waals surface area contributed by atoms with Gasteiger partial charge in [-0.15, -0.1) is 0 Å². The lowest BCUT2D eigenvalue weighted by Crippen LogP contribution is -2.50. The Kier molecular flexibility index (Phi) is 4.14. The van der Waals surface area contributed by atoms with Crippen LogP contribution in [-0.4, -0.2) is 44.8 Å². The van der Waals surface area contributed by atoms with Gasteiger partial charge in [0.15, 0.2) is 0 Å². The number of nitrogens with one attached hydrogen (secondary N) is 1. The molecular weight excluding hydrogens is 302 g/mol. The van der Waals surface area contributed by atoms with Crippen molar-refractivity contribution in [1.82, 2.24) is 0 Å². The summed E-state index contributed by atoms with van der Waals surface area (Å²) < 4.78 is 27.5. The van der Waals surface area contributed by atoms with Crippen LogP contribution in [0.2, 0.25) is 0 Å². The molecule has 0 atom stereocenters. The Morgan fingerprint density at radius 1 is 1.48 bits per heavy atom. The molecule has 0 amide bonds. The zero-order valence-electron chi connectivity index (χ0n) is 11.0. The Hall–Kier alpha value is -1.75. The Balaban J connectivity index is 2.25. The quantitative estimate of drug-likeness (QED) is 0.481. The SMILES string of the molecule is NS(=O)(=O)c1ccc(NCC2(CO)COC2)c([N+](=O)[O-])c1. The van der Waals surface area contributed by atoms with Gasteiger partial charge < -0.3 is 15.2 Å². The van der Waals surface area contributed by atoms with Crippen LogP contribution < -0.4 is 10.5 Å². The molecule has 2 rings (SSSR count). The van der Waals surface area contributed by atoms with E-state index in [4.69, 9.17) is 9.88 Å². The van der Waals surface area contributed by atoms with E-state index in [0.29, 0.717) is 13.2 Å². The van der Waals surface area contributed by atoms with Gasteiger partial charge in [0, 0.05) is 12.6 Å². The van der Waals surface area contributed by atoms with Crippen molar-refractivity contribution < 1.29 is 23.2 Å². The fourth-order valence-corrected chi connectivity index (χ4v) is 2.45. The molecular formula is C11H15N3O6S. The monoisotopic (exact) mass is 317 g/mol. The van der Waals surface area contributed by atoms with Gasteiger partial charge in [-0.3, -0.25) is 10.1 Å². The van der Waals surface area contributed by atoms with Crippen molar-refractivity contribution in [2.75, 3.05) is 31.7 Å². The fourth-order valence-electron chi connectivity index (χ4n) is 1.91. The fraction of sp³-hybridized carbons (Fsp3) is 0.455. The van der Waals surface area contributed by atoms with Crippen molar-refractivity contribution in [3.63, 3.8) is 0 Å². The molecule has 10 heteroatoms. The number of nitro benzene ring substituents is 1. The highest BCUT2D eigenvalue weighted by atomic mass is 32.2. The summed E-state index contributed by atoms with van der Waals surface area (Å²) in [7, 11) is -4.01. The Labute approximate surface area is 120 Å². The first-order valence-corrected chi connectivity index (χ1v) is 7.56. The van der Waals surface area contributed by atoms with E-state index >= 15 is 0 Å². The van der Waals surface area contributed by atoms with E-state index in [0.717, 1.165) is 6.07 Å². The molecule has 1 aliphatic rings. The van der Waals surface area contributed by atoms with Crippen molar-refractivity contribution in [1.29, 1.82) is 0 Å². The number of rotatable bonds is 6. The van der Waals surface area contributed by atoms with Crippen LogP contribution in [-0.2, 0) is 14.8 Å². The second kappa shape index (κ2) is 5.56. The van der Waals surface area contributed by atoms with E-state index in [-0.39, 0.29) is 23.7 Å². The molecule has 9 nitrogen and oxygen atoms in total. The minimum absolute atomic E-state index is 0.108. The van der Waals surface area contributed by atoms with Crippen molar-refractivity contribution in [2.45, 2.75) is 4.90 Å². The van der Waals surface area contributed by atoms with Gasteiger partial charge in [0.1, 0.15) is 5.69 Å². The summed E-state index contributed by atoms with van der Waals surface area (Å²) in [6.45, 7) is 0.890. The molecule has 1 aromatic carbocycles. The minimum Gasteiger partial charge on any atom is -0.396 e. The van der Waals surface area contributed by atoms with Crippen molar-refractivity contribution >= 4 is 21.4 Å². The largest absolute Gasteiger partial charge is 0.396 e. The Bertz CT molecular complexity index is 650. The molecule has 1 saturated heterocycles. The van der Waals surface area contributed by atoms with Crippen molar-refractivity contribution in [2.24, 2.45) is 10.6 Å². The van der Waals surface area contributed by atoms with Crippen LogP contribution in [0, 0.1) is 15.5 Å². The number of aliphatic hydroxyl groups is 1. The third-order valence-corrected chi connectivity index (χ3v) is 4.21. The third-order valence-electron chi connectivity index (χ3n) is 3.30. The summed E-state index contributed by atoms with van der Waals surface area (Å²) in [6, 6.07) is 3.37. The second-order valence-corrected chi connectivity index (χ2v) is 6.55. The number of anilines is 1. The number of ether oxygens (including phenoxy) is 1. The number of hydrogen-bond acceptors (Lipinski definition) is 7. The number of nitro groups is 1. The molecule has 4 N–H and O–H groups in total. The topological polar surface area (TPSA) is 145 Å². The number of nitrogens with zero attached hydrogens (tertiary/aromatic N) is 1. The maximum atomic E-state index is 11.2. The van der Waals surface area contributed by atoms with Crippen LogP contribution >= 0.6 is 0 Å². The maximum Gasteiger partial charge on any atom is 0.293 e. The molecule has 116 valence electrons. The number of benzene rings is 1. The molecule has 0 unspecified atom stereocenters. The predicted octanol–water partition coefficient (Wildman–Crippen LogP) is -0.337. The lowest BCUT2D eigenvalue weighted by atomic mass is 9.87. The zero-order valence-corrected chi connectivity index (χ0v) is 11.8. The molecule has 1 fully saturated rings. The minimum atomic E-state index is -4.01. The van der Waals surface area contributed by atoms with E-state index < -0.39 is 26.0 Å². The van der Waals surface area contributed by atoms with E-state index in [9.17, 15) is 23.6 Å². The van der Waals surface area contributed by atoms with Crippen LogP contribution in [0.4, 0.5) is 11.4 Å². The molecule has 21 heavy (non-hydrogen) atoms. The molecule has 0 aromatic heterocycles. The van der Waals surface area contributed by atoms with E-state index in [1.807, 2.05) is 0 Å². The van der Waals surface area contributed by atoms with Gasteiger partial charge in [-0.25, -0.2) is 13.6 Å². The van der Waals surface area contributed by atoms with Gasteiger partial charge in [-0.2, -0.15) is 0 Å². The summed E-state index contributed by atoms with van der Waals surface area (Å²) in [5, 5.41) is 28.1. The number of aliphatic hydroxyl groups excluding tert-OH is 1. The first-order valence-electron chi connectivity index (χ1n) is 6.01. The molecule has 1 aromatic rings. The zero-order chi connectivity index (χ0) is 15.7. The van der Waals surface area contributed by atoms with Gasteiger partial charge in [0.25, 0.3) is 5.69 Å². The summed E-state index contributed by atoms with van der Waals surface area (Å²) in [5.74, 6) is 0. The number of hydrogen-bond donors (Lipinski definition) is 3. The summed E-state index contributed by atoms with van der Waals surface area (Å²) in [4.78, 5) is 10.0. The lowest BCUT2D eigenvalue weighted by Gasteiger charge is -2.40. The highest BCUT2D eigenvalue weighted by Gasteiger charge is 2.38. The Morgan fingerprint density at radius 3 is 2.57 bits per heavy atom. The summed E-state index contributed by atoms with van der Waals surface area (Å²) in [6.07, 6.45) is 0. The standard InChI is InChI=1S/C11H15N3O6S/c12-21(18,19)8-1-2-9(10(3-8)14(16)17)13-4-11(5-15)6-20-7-11/h1-3,13,15H,4-7H2,(H2,12,18,19). The predicted molar refractivity (Wildman–Crippen MR) is 73.3 cm³/mol. The van der Waals surface area contributed by atoms with Crippen LogP contribution in [0.15, 0.2) is 23.1 Å². The van der Waals surface area contributed by atoms with Crippen LogP contribution in [0.3, 0.4) is 0 Å². The van der Waals surface area contributed by atoms with Crippen LogP contribution in [0.5, 0.6) is 0 Å². The number of sulfonamides is 1. The lowest BCUT2D eigenvalue weighted by molar-refractivity contribution is -0.384. The first kappa shape index (κ1) is 15.6. The van der Waals surface area contributed by atoms with Crippen LogP contribution in [0.1, 0.15) is 0 Å². The first-order chi connectivity index (χ1) is 9.77. The molecule has 0 spiro atoms. The molecule has 0 radical (unpaired) electrons. The average Bonchev–Trinajstić information content (AvgIpc) is 2.36. The van der Waals surface area contributed by atoms with Gasteiger partial charge >= 0.3 is 0 Å². The highest BCUT2D eigenvalue weighted by Crippen LogP contribution is 2.31. The molecule has 0 saturated carbocycles.